The van der Waals surface area contributed by atoms with Gasteiger partial charge in [-0.15, -0.1) is 0 Å². The van der Waals surface area contributed by atoms with Crippen LogP contribution in [-0.4, -0.2) is 65.4 Å². The zero-order chi connectivity index (χ0) is 21.4. The molecule has 1 unspecified atom stereocenters. The van der Waals surface area contributed by atoms with Crippen LogP contribution in [0, 0.1) is 11.8 Å². The summed E-state index contributed by atoms with van der Waals surface area (Å²) in [4.78, 5) is 8.74. The van der Waals surface area contributed by atoms with E-state index in [1.807, 2.05) is 12.3 Å². The highest BCUT2D eigenvalue weighted by molar-refractivity contribution is 7.89. The molecular weight excluding hydrogens is 414 g/mol. The summed E-state index contributed by atoms with van der Waals surface area (Å²) < 4.78 is 32.8. The number of hydrogen-bond donors (Lipinski definition) is 1. The van der Waals surface area contributed by atoms with Gasteiger partial charge in [0.05, 0.1) is 30.3 Å². The van der Waals surface area contributed by atoms with Crippen molar-refractivity contribution in [1.29, 1.82) is 0 Å². The van der Waals surface area contributed by atoms with Crippen molar-refractivity contribution in [3.63, 3.8) is 0 Å². The Labute approximate surface area is 182 Å². The molecule has 1 saturated carbocycles. The summed E-state index contributed by atoms with van der Waals surface area (Å²) in [5, 5.41) is 9.60. The average molecular weight is 444 g/mol. The standard InChI is InChI=1S/C22H29N5O3S/c1-30-13-16-7-9-27(12-16)31(28,29)14-15-2-4-17(5-3-15)19-10-25-26-20-11-24-22-18(21(19)20)6-8-23-22/h6,8,10-11,15-17,26H,2-5,7,9,12-14H2,1H3. The van der Waals surface area contributed by atoms with Crippen LogP contribution >= 0.6 is 0 Å². The molecule has 3 aromatic heterocycles. The van der Waals surface area contributed by atoms with Crippen molar-refractivity contribution in [1.82, 2.24) is 24.5 Å². The normalized spacial score (nSPS) is 25.5. The highest BCUT2D eigenvalue weighted by Crippen LogP contribution is 2.40. The van der Waals surface area contributed by atoms with Crippen molar-refractivity contribution in [2.75, 3.05) is 32.6 Å². The Kier molecular flexibility index (Phi) is 5.66. The van der Waals surface area contributed by atoms with Gasteiger partial charge in [0.1, 0.15) is 0 Å². The third kappa shape index (κ3) is 4.06. The maximum Gasteiger partial charge on any atom is 0.214 e. The van der Waals surface area contributed by atoms with Crippen molar-refractivity contribution in [3.05, 3.63) is 30.2 Å². The summed E-state index contributed by atoms with van der Waals surface area (Å²) in [6.45, 7) is 1.86. The second-order valence-corrected chi connectivity index (χ2v) is 11.0. The van der Waals surface area contributed by atoms with Gasteiger partial charge in [0.15, 0.2) is 5.65 Å². The Hall–Kier alpha value is -2.10. The molecule has 2 fully saturated rings. The predicted molar refractivity (Wildman–Crippen MR) is 119 cm³/mol. The number of H-pyrrole nitrogens is 1. The van der Waals surface area contributed by atoms with E-state index in [2.05, 4.69) is 20.2 Å². The Morgan fingerprint density at radius 2 is 1.97 bits per heavy atom. The second kappa shape index (κ2) is 8.44. The molecule has 5 rings (SSSR count). The second-order valence-electron chi connectivity index (χ2n) is 9.02. The lowest BCUT2D eigenvalue weighted by atomic mass is 9.79. The number of fused-ring (bicyclic) bond motifs is 3. The number of nitrogens with zero attached hydrogens (tertiary/aromatic N) is 4. The molecule has 0 aromatic carbocycles. The van der Waals surface area contributed by atoms with Crippen LogP contribution in [0.25, 0.3) is 21.9 Å². The van der Waals surface area contributed by atoms with Gasteiger partial charge in [0.2, 0.25) is 10.0 Å². The highest BCUT2D eigenvalue weighted by atomic mass is 32.2. The molecule has 2 aliphatic rings. The number of nitrogens with one attached hydrogen (secondary N) is 1. The lowest BCUT2D eigenvalue weighted by molar-refractivity contribution is 0.157. The first-order valence-electron chi connectivity index (χ1n) is 11.1. The summed E-state index contributed by atoms with van der Waals surface area (Å²) >= 11 is 0. The maximum atomic E-state index is 13.0. The van der Waals surface area contributed by atoms with Crippen molar-refractivity contribution >= 4 is 32.0 Å². The monoisotopic (exact) mass is 443 g/mol. The van der Waals surface area contributed by atoms with E-state index in [4.69, 9.17) is 4.74 Å². The Balaban J connectivity index is 1.28. The summed E-state index contributed by atoms with van der Waals surface area (Å²) in [6, 6.07) is 2.01. The van der Waals surface area contributed by atoms with E-state index < -0.39 is 10.0 Å². The zero-order valence-electron chi connectivity index (χ0n) is 17.8. The van der Waals surface area contributed by atoms with Crippen LogP contribution in [0.2, 0.25) is 0 Å². The number of aromatic amines is 1. The first-order valence-corrected chi connectivity index (χ1v) is 12.7. The van der Waals surface area contributed by atoms with Crippen LogP contribution < -0.4 is 0 Å². The van der Waals surface area contributed by atoms with Gasteiger partial charge >= 0.3 is 0 Å². The molecule has 0 radical (unpaired) electrons. The van der Waals surface area contributed by atoms with Gasteiger partial charge in [-0.25, -0.2) is 22.7 Å². The molecule has 9 heteroatoms. The quantitative estimate of drug-likeness (QED) is 0.628. The number of sulfonamides is 1. The van der Waals surface area contributed by atoms with Gasteiger partial charge in [-0.3, -0.25) is 5.10 Å². The number of ether oxygens (including phenoxy) is 1. The van der Waals surface area contributed by atoms with Crippen molar-refractivity contribution < 1.29 is 13.2 Å². The molecule has 4 heterocycles. The van der Waals surface area contributed by atoms with Gasteiger partial charge in [0.25, 0.3) is 0 Å². The van der Waals surface area contributed by atoms with Gasteiger partial charge in [-0.1, -0.05) is 0 Å². The van der Waals surface area contributed by atoms with Gasteiger partial charge in [-0.05, 0) is 61.5 Å². The fourth-order valence-electron chi connectivity index (χ4n) is 5.37. The molecule has 1 atom stereocenters. The molecule has 8 nitrogen and oxygen atoms in total. The van der Waals surface area contributed by atoms with Crippen LogP contribution in [0.3, 0.4) is 0 Å². The minimum atomic E-state index is -3.21. The fraction of sp³-hybridized carbons (Fsp3) is 0.591. The molecule has 1 aliphatic carbocycles. The number of hydrogen-bond acceptors (Lipinski definition) is 6. The number of pyridine rings is 1. The van der Waals surface area contributed by atoms with E-state index in [0.29, 0.717) is 31.5 Å². The molecule has 166 valence electrons. The van der Waals surface area contributed by atoms with Crippen LogP contribution in [0.15, 0.2) is 24.7 Å². The van der Waals surface area contributed by atoms with E-state index in [0.717, 1.165) is 54.0 Å². The van der Waals surface area contributed by atoms with E-state index in [1.54, 1.807) is 23.8 Å². The summed E-state index contributed by atoms with van der Waals surface area (Å²) in [5.41, 5.74) is 2.89. The van der Waals surface area contributed by atoms with Gasteiger partial charge in [-0.2, -0.15) is 5.10 Å². The van der Waals surface area contributed by atoms with Crippen LogP contribution in [0.5, 0.6) is 0 Å². The first-order chi connectivity index (χ1) is 15.0. The SMILES string of the molecule is COCC1CCN(S(=O)(=O)CC2CCC(c3cn[nH]c4cnc5nccc5c34)CC2)C1. The molecule has 1 N–H and O–H groups in total. The van der Waals surface area contributed by atoms with E-state index >= 15 is 0 Å². The molecule has 1 saturated heterocycles. The Morgan fingerprint density at radius 1 is 1.13 bits per heavy atom. The maximum absolute atomic E-state index is 13.0. The largest absolute Gasteiger partial charge is 0.384 e. The third-order valence-corrected chi connectivity index (χ3v) is 9.00. The van der Waals surface area contributed by atoms with Crippen molar-refractivity contribution in [2.24, 2.45) is 11.8 Å². The molecule has 0 amide bonds. The van der Waals surface area contributed by atoms with E-state index in [-0.39, 0.29) is 11.7 Å². The van der Waals surface area contributed by atoms with E-state index in [9.17, 15) is 8.42 Å². The molecular formula is C22H29N5O3S. The van der Waals surface area contributed by atoms with Gasteiger partial charge < -0.3 is 4.74 Å². The minimum absolute atomic E-state index is 0.222. The van der Waals surface area contributed by atoms with Crippen molar-refractivity contribution in [3.8, 4) is 0 Å². The molecule has 0 spiro atoms. The Morgan fingerprint density at radius 3 is 2.77 bits per heavy atom. The van der Waals surface area contributed by atoms with Crippen molar-refractivity contribution in [2.45, 2.75) is 38.0 Å². The lowest BCUT2D eigenvalue weighted by Crippen LogP contribution is -2.34. The highest BCUT2D eigenvalue weighted by Gasteiger charge is 2.34. The van der Waals surface area contributed by atoms with Crippen LogP contribution in [0.1, 0.15) is 43.6 Å². The molecule has 0 bridgehead atoms. The fourth-order valence-corrected chi connectivity index (χ4v) is 7.33. The zero-order valence-corrected chi connectivity index (χ0v) is 18.6. The Bertz CT molecular complexity index is 1170. The van der Waals surface area contributed by atoms with Crippen LogP contribution in [0.4, 0.5) is 0 Å². The van der Waals surface area contributed by atoms with E-state index in [1.165, 1.54) is 5.56 Å². The average Bonchev–Trinajstić information content (AvgIpc) is 3.44. The smallest absolute Gasteiger partial charge is 0.214 e. The minimum Gasteiger partial charge on any atom is -0.384 e. The topological polar surface area (TPSA) is 101 Å². The summed E-state index contributed by atoms with van der Waals surface area (Å²) in [6.07, 6.45) is 10.2. The van der Waals surface area contributed by atoms with Gasteiger partial charge in [0, 0.05) is 37.2 Å². The summed E-state index contributed by atoms with van der Waals surface area (Å²) in [7, 11) is -1.53. The third-order valence-electron chi connectivity index (χ3n) is 6.99. The number of rotatable bonds is 6. The number of methoxy groups -OCH3 is 1. The molecule has 31 heavy (non-hydrogen) atoms. The predicted octanol–water partition coefficient (Wildman–Crippen LogP) is 3.08. The van der Waals surface area contributed by atoms with Crippen LogP contribution in [-0.2, 0) is 14.8 Å². The first kappa shape index (κ1) is 20.8. The lowest BCUT2D eigenvalue weighted by Gasteiger charge is -2.30. The summed E-state index contributed by atoms with van der Waals surface area (Å²) in [5.74, 6) is 1.19. The molecule has 1 aliphatic heterocycles. The number of aromatic nitrogens is 4. The molecule has 3 aromatic rings.